The Hall–Kier alpha value is -3.09. The highest BCUT2D eigenvalue weighted by molar-refractivity contribution is 7.92. The number of hydrogen-bond donors (Lipinski definition) is 1. The quantitative estimate of drug-likeness (QED) is 0.315. The van der Waals surface area contributed by atoms with Crippen LogP contribution in [0.1, 0.15) is 39.7 Å². The Morgan fingerprint density at radius 2 is 2.00 bits per heavy atom. The molecule has 196 valence electrons. The summed E-state index contributed by atoms with van der Waals surface area (Å²) in [6.45, 7) is 7.97. The molecule has 0 saturated heterocycles. The number of thiazole rings is 1. The number of aryl methyl sites for hydroxylation is 2. The minimum absolute atomic E-state index is 0.184. The Labute approximate surface area is 222 Å². The molecule has 1 N–H and O–H groups in total. The molecule has 0 bridgehead atoms. The minimum atomic E-state index is -4.11. The van der Waals surface area contributed by atoms with Gasteiger partial charge in [0.2, 0.25) is 5.91 Å². The molecule has 9 nitrogen and oxygen atoms in total. The number of nitrogens with one attached hydrogen (secondary N) is 1. The molecule has 0 radical (unpaired) electrons. The second-order valence-electron chi connectivity index (χ2n) is 8.62. The van der Waals surface area contributed by atoms with Crippen LogP contribution >= 0.6 is 22.7 Å². The van der Waals surface area contributed by atoms with E-state index >= 15 is 0 Å². The molecule has 2 heterocycles. The fraction of sp³-hybridized carbons (Fsp3) is 0.360. The van der Waals surface area contributed by atoms with E-state index in [9.17, 15) is 22.8 Å². The van der Waals surface area contributed by atoms with Crippen LogP contribution in [-0.4, -0.2) is 48.9 Å². The molecular formula is C25H27N3O6S3. The average Bonchev–Trinajstić information content (AvgIpc) is 3.46. The van der Waals surface area contributed by atoms with Crippen molar-refractivity contribution in [1.29, 1.82) is 0 Å². The van der Waals surface area contributed by atoms with Gasteiger partial charge in [-0.1, -0.05) is 23.5 Å². The molecule has 1 aliphatic rings. The summed E-state index contributed by atoms with van der Waals surface area (Å²) in [5.41, 5.74) is 3.06. The van der Waals surface area contributed by atoms with Crippen LogP contribution in [0.4, 0.5) is 5.00 Å². The van der Waals surface area contributed by atoms with Gasteiger partial charge in [0.1, 0.15) is 16.5 Å². The van der Waals surface area contributed by atoms with Crippen LogP contribution in [0.25, 0.3) is 10.2 Å². The molecule has 0 spiro atoms. The first kappa shape index (κ1) is 27.0. The number of carbonyl (C=O) groups excluding carboxylic acids is 3. The molecule has 12 heteroatoms. The third kappa shape index (κ3) is 6.08. The van der Waals surface area contributed by atoms with Crippen molar-refractivity contribution in [3.05, 3.63) is 57.2 Å². The van der Waals surface area contributed by atoms with Gasteiger partial charge in [0.05, 0.1) is 22.4 Å². The third-order valence-corrected chi connectivity index (χ3v) is 9.36. The Morgan fingerprint density at radius 1 is 1.22 bits per heavy atom. The van der Waals surface area contributed by atoms with Crippen molar-refractivity contribution in [2.24, 2.45) is 4.99 Å². The van der Waals surface area contributed by atoms with Gasteiger partial charge in [-0.05, 0) is 56.4 Å². The molecule has 0 saturated carbocycles. The average molecular weight is 562 g/mol. The highest BCUT2D eigenvalue weighted by Gasteiger charge is 2.29. The smallest absolute Gasteiger partial charge is 0.341 e. The first-order valence-corrected chi connectivity index (χ1v) is 15.2. The Bertz CT molecular complexity index is 1580. The molecule has 3 aromatic rings. The van der Waals surface area contributed by atoms with Crippen LogP contribution < -0.4 is 10.1 Å². The van der Waals surface area contributed by atoms with Crippen molar-refractivity contribution < 1.29 is 27.5 Å². The molecular weight excluding hydrogens is 534 g/mol. The minimum Gasteiger partial charge on any atom is -0.462 e. The Balaban J connectivity index is 1.50. The fourth-order valence-electron chi connectivity index (χ4n) is 4.22. The van der Waals surface area contributed by atoms with Crippen molar-refractivity contribution in [2.75, 3.05) is 23.4 Å². The van der Waals surface area contributed by atoms with Crippen molar-refractivity contribution in [3.8, 4) is 0 Å². The molecule has 37 heavy (non-hydrogen) atoms. The first-order valence-electron chi connectivity index (χ1n) is 11.7. The number of sulfone groups is 1. The van der Waals surface area contributed by atoms with Gasteiger partial charge in [-0.3, -0.25) is 9.59 Å². The van der Waals surface area contributed by atoms with Crippen LogP contribution in [0.3, 0.4) is 0 Å². The first-order chi connectivity index (χ1) is 17.6. The third-order valence-electron chi connectivity index (χ3n) is 5.72. The fourth-order valence-corrected chi connectivity index (χ4v) is 7.69. The van der Waals surface area contributed by atoms with Gasteiger partial charge >= 0.3 is 5.97 Å². The van der Waals surface area contributed by atoms with Crippen LogP contribution in [0.5, 0.6) is 0 Å². The van der Waals surface area contributed by atoms with Gasteiger partial charge in [0.15, 0.2) is 14.6 Å². The van der Waals surface area contributed by atoms with Gasteiger partial charge in [-0.2, -0.15) is 4.99 Å². The van der Waals surface area contributed by atoms with Crippen LogP contribution in [0.15, 0.2) is 35.8 Å². The maximum absolute atomic E-state index is 12.7. The van der Waals surface area contributed by atoms with E-state index in [-0.39, 0.29) is 11.6 Å². The molecule has 1 aromatic carbocycles. The molecule has 0 aliphatic heterocycles. The van der Waals surface area contributed by atoms with Crippen LogP contribution in [0.2, 0.25) is 0 Å². The number of anilines is 1. The van der Waals surface area contributed by atoms with Gasteiger partial charge in [0, 0.05) is 11.4 Å². The maximum Gasteiger partial charge on any atom is 0.341 e. The molecule has 0 atom stereocenters. The van der Waals surface area contributed by atoms with Crippen LogP contribution in [0, 0.1) is 6.92 Å². The predicted molar refractivity (Wildman–Crippen MR) is 145 cm³/mol. The summed E-state index contributed by atoms with van der Waals surface area (Å²) < 4.78 is 33.2. The van der Waals surface area contributed by atoms with Gasteiger partial charge in [-0.25, -0.2) is 13.2 Å². The number of fused-ring (bicyclic) bond motifs is 2. The summed E-state index contributed by atoms with van der Waals surface area (Å²) in [6.07, 6.45) is 4.07. The number of nitrogens with zero attached hydrogens (tertiary/aromatic N) is 2. The number of esters is 1. The zero-order chi connectivity index (χ0) is 26.7. The van der Waals surface area contributed by atoms with Crippen molar-refractivity contribution >= 4 is 65.5 Å². The molecule has 2 aromatic heterocycles. The second kappa shape index (κ2) is 11.1. The van der Waals surface area contributed by atoms with Crippen LogP contribution in [-0.2, 0) is 43.5 Å². The molecule has 0 fully saturated rings. The lowest BCUT2D eigenvalue weighted by atomic mass is 10.1. The summed E-state index contributed by atoms with van der Waals surface area (Å²) >= 11 is 2.54. The number of allylic oxidation sites excluding steroid dienone is 1. The summed E-state index contributed by atoms with van der Waals surface area (Å²) in [5, 5.41) is 2.83. The summed E-state index contributed by atoms with van der Waals surface area (Å²) in [5.74, 6) is -4.04. The lowest BCUT2D eigenvalue weighted by Crippen LogP contribution is -2.28. The van der Waals surface area contributed by atoms with Crippen molar-refractivity contribution in [1.82, 2.24) is 4.57 Å². The monoisotopic (exact) mass is 561 g/mol. The van der Waals surface area contributed by atoms with E-state index in [1.54, 1.807) is 17.6 Å². The number of hydrogen-bond acceptors (Lipinski definition) is 8. The van der Waals surface area contributed by atoms with E-state index in [0.717, 1.165) is 39.1 Å². The molecule has 2 amide bonds. The summed E-state index contributed by atoms with van der Waals surface area (Å²) in [6, 6.07) is 5.83. The number of ether oxygens (including phenoxy) is 1. The molecule has 0 unspecified atom stereocenters. The molecule has 4 rings (SSSR count). The Morgan fingerprint density at radius 3 is 2.73 bits per heavy atom. The SMILES string of the molecule is C=CCn1c(=NC(=O)CS(=O)(=O)CC(=O)Nc2sc3c(c2C(=O)OCC)CCC3)sc2cc(C)ccc21. The zero-order valence-corrected chi connectivity index (χ0v) is 23.0. The van der Waals surface area contributed by atoms with E-state index in [0.29, 0.717) is 23.3 Å². The number of rotatable bonds is 9. The van der Waals surface area contributed by atoms with Crippen molar-refractivity contribution in [3.63, 3.8) is 0 Å². The highest BCUT2D eigenvalue weighted by atomic mass is 32.2. The summed E-state index contributed by atoms with van der Waals surface area (Å²) in [7, 11) is -4.11. The normalized spacial score (nSPS) is 13.5. The van der Waals surface area contributed by atoms with E-state index in [2.05, 4.69) is 16.9 Å². The van der Waals surface area contributed by atoms with Gasteiger partial charge < -0.3 is 14.6 Å². The van der Waals surface area contributed by atoms with Gasteiger partial charge in [-0.15, -0.1) is 17.9 Å². The molecule has 1 aliphatic carbocycles. The number of benzene rings is 1. The number of carbonyl (C=O) groups is 3. The topological polar surface area (TPSA) is 124 Å². The number of aromatic nitrogens is 1. The van der Waals surface area contributed by atoms with Crippen molar-refractivity contribution in [2.45, 2.75) is 39.7 Å². The largest absolute Gasteiger partial charge is 0.462 e. The highest BCUT2D eigenvalue weighted by Crippen LogP contribution is 2.39. The van der Waals surface area contributed by atoms with Gasteiger partial charge in [0.25, 0.3) is 5.91 Å². The lowest BCUT2D eigenvalue weighted by Gasteiger charge is -2.08. The maximum atomic E-state index is 12.7. The predicted octanol–water partition coefficient (Wildman–Crippen LogP) is 3.40. The zero-order valence-electron chi connectivity index (χ0n) is 20.5. The standard InChI is InChI=1S/C25H27N3O6S3/c1-4-11-28-17-10-9-15(3)12-19(17)36-25(28)27-21(30)14-37(32,33)13-20(29)26-23-22(24(31)34-5-2)16-7-6-8-18(16)35-23/h4,9-10,12H,1,5-8,11,13-14H2,2-3H3,(H,26,29). The van der Waals surface area contributed by atoms with E-state index in [4.69, 9.17) is 4.74 Å². The Kier molecular flexibility index (Phi) is 8.10. The van der Waals surface area contributed by atoms with E-state index in [1.165, 1.54) is 22.7 Å². The lowest BCUT2D eigenvalue weighted by molar-refractivity contribution is -0.115. The van der Waals surface area contributed by atoms with E-state index in [1.807, 2.05) is 25.1 Å². The number of thiophene rings is 1. The summed E-state index contributed by atoms with van der Waals surface area (Å²) in [4.78, 5) is 43.1. The number of amides is 2. The second-order valence-corrected chi connectivity index (χ2v) is 12.8. The van der Waals surface area contributed by atoms with E-state index < -0.39 is 39.1 Å².